The van der Waals surface area contributed by atoms with Crippen LogP contribution in [-0.2, 0) is 0 Å². The number of rotatable bonds is 10. The topological polar surface area (TPSA) is 38.1 Å². The molecular formula is C68H49FN4. The van der Waals surface area contributed by atoms with Gasteiger partial charge in [-0.25, -0.2) is 4.39 Å². The lowest BCUT2D eigenvalue weighted by atomic mass is 9.83. The predicted octanol–water partition coefficient (Wildman–Crippen LogP) is 19.3. The fourth-order valence-corrected chi connectivity index (χ4v) is 11.3. The maximum absolute atomic E-state index is 19.3. The molecule has 11 aromatic carbocycles. The first-order valence-corrected chi connectivity index (χ1v) is 24.9. The lowest BCUT2D eigenvalue weighted by molar-refractivity contribution is 0.644. The van der Waals surface area contributed by atoms with Gasteiger partial charge in [-0.05, 0) is 109 Å². The number of H-pyrrole nitrogens is 2. The zero-order valence-corrected chi connectivity index (χ0v) is 40.4. The molecule has 0 bridgehead atoms. The summed E-state index contributed by atoms with van der Waals surface area (Å²) >= 11 is 0. The number of anilines is 6. The molecule has 0 unspecified atom stereocenters. The van der Waals surface area contributed by atoms with E-state index in [1.807, 2.05) is 42.5 Å². The van der Waals surface area contributed by atoms with Crippen molar-refractivity contribution in [3.05, 3.63) is 266 Å². The second kappa shape index (κ2) is 18.1. The van der Waals surface area contributed by atoms with Gasteiger partial charge < -0.3 is 19.8 Å². The predicted molar refractivity (Wildman–Crippen MR) is 306 cm³/mol. The van der Waals surface area contributed by atoms with Gasteiger partial charge in [0.2, 0.25) is 0 Å². The summed E-state index contributed by atoms with van der Waals surface area (Å²) in [4.78, 5) is 12.4. The molecule has 0 amide bonds. The molecule has 0 fully saturated rings. The molecule has 0 saturated carbocycles. The van der Waals surface area contributed by atoms with E-state index >= 15 is 4.39 Å². The van der Waals surface area contributed by atoms with Crippen LogP contribution in [0.2, 0.25) is 0 Å². The summed E-state index contributed by atoms with van der Waals surface area (Å²) in [6, 6.07) is 86.4. The van der Waals surface area contributed by atoms with Gasteiger partial charge in [0.1, 0.15) is 5.82 Å². The molecule has 0 atom stereocenters. The normalized spacial score (nSPS) is 11.5. The van der Waals surface area contributed by atoms with Crippen LogP contribution < -0.4 is 9.80 Å². The van der Waals surface area contributed by atoms with Crippen molar-refractivity contribution in [1.29, 1.82) is 0 Å². The van der Waals surface area contributed by atoms with E-state index in [0.29, 0.717) is 10.9 Å². The number of aromatic nitrogens is 2. The standard InChI is InChI=1S/C68H49FN4/c1-44-45(2)61-58(43-56(44)53-39-24-38-52-51-35-18-21-40-57(51)70-67(52)53)71-68-64(55-37-20-23-42-60(55)73(49-31-14-6-15-32-49)50-33-16-7-17-34-50)63(62(66(69)65(61)68)46-25-8-3-9-26-46)54-36-19-22-41-59(54)72(47-27-10-4-11-28-47)48-29-12-5-13-30-48/h3-43,70-71H,1-2H3. The molecule has 13 aromatic rings. The molecule has 2 N–H and O–H groups in total. The molecular weight excluding hydrogens is 892 g/mol. The maximum atomic E-state index is 19.3. The van der Waals surface area contributed by atoms with Gasteiger partial charge in [-0.2, -0.15) is 0 Å². The van der Waals surface area contributed by atoms with Crippen LogP contribution in [0.5, 0.6) is 0 Å². The summed E-state index contributed by atoms with van der Waals surface area (Å²) in [5.74, 6) is -0.277. The first-order valence-electron chi connectivity index (χ1n) is 24.9. The summed E-state index contributed by atoms with van der Waals surface area (Å²) < 4.78 is 19.3. The zero-order chi connectivity index (χ0) is 49.0. The number of nitrogens with one attached hydrogen (secondary N) is 2. The highest BCUT2D eigenvalue weighted by atomic mass is 19.1. The van der Waals surface area contributed by atoms with Gasteiger partial charge in [-0.15, -0.1) is 0 Å². The first kappa shape index (κ1) is 43.6. The van der Waals surface area contributed by atoms with Crippen molar-refractivity contribution in [2.75, 3.05) is 9.80 Å². The van der Waals surface area contributed by atoms with Gasteiger partial charge in [0.05, 0.1) is 22.4 Å². The summed E-state index contributed by atoms with van der Waals surface area (Å²) in [5, 5.41) is 3.78. The molecule has 5 heteroatoms. The van der Waals surface area contributed by atoms with E-state index in [1.54, 1.807) is 0 Å². The van der Waals surface area contributed by atoms with E-state index in [-0.39, 0.29) is 5.82 Å². The van der Waals surface area contributed by atoms with Crippen LogP contribution in [-0.4, -0.2) is 9.97 Å². The molecule has 73 heavy (non-hydrogen) atoms. The quantitative estimate of drug-likeness (QED) is 0.143. The van der Waals surface area contributed by atoms with Crippen molar-refractivity contribution < 1.29 is 4.39 Å². The molecule has 348 valence electrons. The Morgan fingerprint density at radius 3 is 1.33 bits per heavy atom. The minimum absolute atomic E-state index is 0.277. The molecule has 0 saturated heterocycles. The summed E-state index contributed by atoms with van der Waals surface area (Å²) in [6.45, 7) is 4.34. The monoisotopic (exact) mass is 940 g/mol. The molecule has 2 aromatic heterocycles. The van der Waals surface area contributed by atoms with Gasteiger partial charge in [-0.1, -0.05) is 176 Å². The molecule has 4 nitrogen and oxygen atoms in total. The van der Waals surface area contributed by atoms with Gasteiger partial charge in [0.15, 0.2) is 0 Å². The Bertz CT molecular complexity index is 4090. The highest BCUT2D eigenvalue weighted by Crippen LogP contribution is 2.55. The molecule has 0 aliphatic rings. The summed E-state index contributed by atoms with van der Waals surface area (Å²) in [6.07, 6.45) is 0. The van der Waals surface area contributed by atoms with Crippen molar-refractivity contribution in [2.45, 2.75) is 13.8 Å². The Labute approximate surface area is 423 Å². The van der Waals surface area contributed by atoms with Gasteiger partial charge in [0.25, 0.3) is 0 Å². The number of benzene rings is 11. The van der Waals surface area contributed by atoms with Crippen molar-refractivity contribution >= 4 is 77.7 Å². The second-order valence-corrected chi connectivity index (χ2v) is 18.7. The number of halogens is 1. The highest BCUT2D eigenvalue weighted by Gasteiger charge is 2.32. The zero-order valence-electron chi connectivity index (χ0n) is 40.4. The number of nitrogens with zero attached hydrogens (tertiary/aromatic N) is 2. The van der Waals surface area contributed by atoms with E-state index < -0.39 is 0 Å². The third kappa shape index (κ3) is 7.27. The minimum atomic E-state index is -0.277. The van der Waals surface area contributed by atoms with Crippen LogP contribution in [0.25, 0.3) is 88.1 Å². The number of fused-ring (bicyclic) bond motifs is 6. The third-order valence-corrected chi connectivity index (χ3v) is 14.6. The van der Waals surface area contributed by atoms with Gasteiger partial charge in [0, 0.05) is 88.7 Å². The molecule has 0 aliphatic heterocycles. The third-order valence-electron chi connectivity index (χ3n) is 14.6. The van der Waals surface area contributed by atoms with Crippen molar-refractivity contribution in [1.82, 2.24) is 9.97 Å². The Hall–Kier alpha value is -9.45. The summed E-state index contributed by atoms with van der Waals surface area (Å²) in [5.41, 5.74) is 18.7. The maximum Gasteiger partial charge on any atom is 0.141 e. The number of aromatic amines is 2. The number of para-hydroxylation sites is 8. The van der Waals surface area contributed by atoms with Crippen molar-refractivity contribution in [3.8, 4) is 44.5 Å². The van der Waals surface area contributed by atoms with Crippen LogP contribution in [0.15, 0.2) is 249 Å². The second-order valence-electron chi connectivity index (χ2n) is 18.7. The number of aryl methyl sites for hydroxylation is 1. The molecule has 13 rings (SSSR count). The largest absolute Gasteiger partial charge is 0.354 e. The van der Waals surface area contributed by atoms with Crippen LogP contribution in [0, 0.1) is 19.7 Å². The number of hydrogen-bond donors (Lipinski definition) is 2. The summed E-state index contributed by atoms with van der Waals surface area (Å²) in [7, 11) is 0. The van der Waals surface area contributed by atoms with Gasteiger partial charge >= 0.3 is 0 Å². The average Bonchev–Trinajstić information content (AvgIpc) is 4.05. The molecule has 0 radical (unpaired) electrons. The van der Waals surface area contributed by atoms with E-state index in [4.69, 9.17) is 0 Å². The highest BCUT2D eigenvalue weighted by molar-refractivity contribution is 6.22. The lowest BCUT2D eigenvalue weighted by Gasteiger charge is -2.31. The average molecular weight is 941 g/mol. The Kier molecular flexibility index (Phi) is 10.8. The Balaban J connectivity index is 1.20. The van der Waals surface area contributed by atoms with Crippen LogP contribution in [0.3, 0.4) is 0 Å². The Morgan fingerprint density at radius 2 is 0.767 bits per heavy atom. The molecule has 0 spiro atoms. The van der Waals surface area contributed by atoms with Crippen molar-refractivity contribution in [3.63, 3.8) is 0 Å². The van der Waals surface area contributed by atoms with Crippen LogP contribution in [0.1, 0.15) is 11.1 Å². The first-order chi connectivity index (χ1) is 36.0. The van der Waals surface area contributed by atoms with Crippen LogP contribution in [0.4, 0.5) is 38.5 Å². The van der Waals surface area contributed by atoms with E-state index in [2.05, 4.69) is 240 Å². The lowest BCUT2D eigenvalue weighted by Crippen LogP contribution is -2.12. The molecule has 2 heterocycles. The fraction of sp³-hybridized carbons (Fsp3) is 0.0294. The van der Waals surface area contributed by atoms with Crippen molar-refractivity contribution in [2.24, 2.45) is 0 Å². The van der Waals surface area contributed by atoms with Crippen LogP contribution >= 0.6 is 0 Å². The van der Waals surface area contributed by atoms with E-state index in [1.165, 1.54) is 10.8 Å². The SMILES string of the molecule is Cc1c(-c2cccc3c2[nH]c2ccccc23)cc2[nH]c3c(-c4ccccc4N(c4ccccc4)c4ccccc4)c(-c4ccccc4N(c4ccccc4)c4ccccc4)c(-c4ccccc4)c(F)c3c2c1C. The fourth-order valence-electron chi connectivity index (χ4n) is 11.3. The smallest absolute Gasteiger partial charge is 0.141 e. The van der Waals surface area contributed by atoms with E-state index in [9.17, 15) is 0 Å². The Morgan fingerprint density at radius 1 is 0.329 bits per heavy atom. The molecule has 0 aliphatic carbocycles. The minimum Gasteiger partial charge on any atom is -0.354 e. The van der Waals surface area contributed by atoms with Gasteiger partial charge in [-0.3, -0.25) is 0 Å². The van der Waals surface area contributed by atoms with E-state index in [0.717, 1.165) is 112 Å². The number of hydrogen-bond acceptors (Lipinski definition) is 2.